The van der Waals surface area contributed by atoms with E-state index in [-0.39, 0.29) is 0 Å². The zero-order valence-electron chi connectivity index (χ0n) is 9.83. The second kappa shape index (κ2) is 7.01. The summed E-state index contributed by atoms with van der Waals surface area (Å²) in [4.78, 5) is 8.00. The van der Waals surface area contributed by atoms with Gasteiger partial charge in [-0.2, -0.15) is 0 Å². The van der Waals surface area contributed by atoms with Crippen molar-refractivity contribution in [1.29, 1.82) is 0 Å². The van der Waals surface area contributed by atoms with Gasteiger partial charge in [0.25, 0.3) is 0 Å². The average molecular weight is 220 g/mol. The third kappa shape index (κ3) is 4.03. The van der Waals surface area contributed by atoms with Crippen LogP contribution < -0.4 is 10.6 Å². The first-order valence-electron chi connectivity index (χ1n) is 5.67. The molecule has 1 heterocycles. The van der Waals surface area contributed by atoms with Gasteiger partial charge in [-0.15, -0.1) is 0 Å². The Morgan fingerprint density at radius 3 is 2.56 bits per heavy atom. The summed E-state index contributed by atoms with van der Waals surface area (Å²) < 4.78 is 0. The fourth-order valence-corrected chi connectivity index (χ4v) is 1.86. The van der Waals surface area contributed by atoms with Crippen LogP contribution in [-0.2, 0) is 4.79 Å². The van der Waals surface area contributed by atoms with Gasteiger partial charge in [-0.05, 0) is 38.4 Å². The zero-order chi connectivity index (χ0) is 11.8. The largest absolute Gasteiger partial charge is 0.381 e. The lowest BCUT2D eigenvalue weighted by Crippen LogP contribution is -2.38. The van der Waals surface area contributed by atoms with Gasteiger partial charge >= 0.3 is 0 Å². The summed E-state index contributed by atoms with van der Waals surface area (Å²) in [5, 5.41) is 6.95. The Labute approximate surface area is 97.2 Å². The van der Waals surface area contributed by atoms with Gasteiger partial charge in [0.1, 0.15) is 6.79 Å². The van der Waals surface area contributed by atoms with Crippen LogP contribution >= 0.6 is 0 Å². The minimum atomic E-state index is 0.603. The molecule has 1 aliphatic rings. The molecule has 2 rings (SSSR count). The molecule has 0 unspecified atom stereocenters. The van der Waals surface area contributed by atoms with Crippen molar-refractivity contribution >= 4 is 12.5 Å². The van der Waals surface area contributed by atoms with Gasteiger partial charge in [-0.3, -0.25) is 0 Å². The molecule has 3 nitrogen and oxygen atoms in total. The molecule has 0 bridgehead atoms. The molecule has 0 spiro atoms. The number of aryl methyl sites for hydroxylation is 1. The predicted molar refractivity (Wildman–Crippen MR) is 67.8 cm³/mol. The second-order valence-corrected chi connectivity index (χ2v) is 4.05. The third-order valence-corrected chi connectivity index (χ3v) is 2.72. The first-order chi connectivity index (χ1) is 7.84. The van der Waals surface area contributed by atoms with E-state index in [1.165, 1.54) is 30.6 Å². The molecule has 1 atom stereocenters. The van der Waals surface area contributed by atoms with E-state index in [0.29, 0.717) is 6.04 Å². The molecule has 0 saturated carbocycles. The van der Waals surface area contributed by atoms with Crippen molar-refractivity contribution in [1.82, 2.24) is 5.32 Å². The lowest BCUT2D eigenvalue weighted by atomic mass is 10.1. The fraction of sp³-hybridized carbons (Fsp3) is 0.462. The monoisotopic (exact) mass is 220 g/mol. The lowest BCUT2D eigenvalue weighted by Gasteiger charge is -2.24. The Kier molecular flexibility index (Phi) is 5.57. The molecule has 1 aromatic rings. The summed E-state index contributed by atoms with van der Waals surface area (Å²) in [6, 6.07) is 9.22. The van der Waals surface area contributed by atoms with Crippen molar-refractivity contribution in [2.45, 2.75) is 25.8 Å². The number of hydrogen-bond donors (Lipinski definition) is 2. The Balaban J connectivity index is 0.000000606. The molecule has 0 amide bonds. The Morgan fingerprint density at radius 1 is 1.31 bits per heavy atom. The van der Waals surface area contributed by atoms with Crippen molar-refractivity contribution in [3.05, 3.63) is 29.8 Å². The highest BCUT2D eigenvalue weighted by Crippen LogP contribution is 2.13. The summed E-state index contributed by atoms with van der Waals surface area (Å²) in [6.45, 7) is 6.38. The quantitative estimate of drug-likeness (QED) is 0.800. The van der Waals surface area contributed by atoms with Crippen molar-refractivity contribution in [2.24, 2.45) is 0 Å². The summed E-state index contributed by atoms with van der Waals surface area (Å²) >= 11 is 0. The number of anilines is 1. The van der Waals surface area contributed by atoms with Crippen LogP contribution in [0.25, 0.3) is 0 Å². The highest BCUT2D eigenvalue weighted by Gasteiger charge is 2.11. The van der Waals surface area contributed by atoms with E-state index in [9.17, 15) is 0 Å². The van der Waals surface area contributed by atoms with Crippen LogP contribution in [0.3, 0.4) is 0 Å². The number of rotatable bonds is 2. The standard InChI is InChI=1S/C12H18N2.CH2O/c1-10-4-6-11(7-5-10)14-12-3-2-8-13-9-12;1-2/h4-7,12-14H,2-3,8-9H2,1H3;1H2/t12-;/m1./s1. The minimum Gasteiger partial charge on any atom is -0.381 e. The number of hydrogen-bond acceptors (Lipinski definition) is 3. The highest BCUT2D eigenvalue weighted by molar-refractivity contribution is 5.45. The first kappa shape index (κ1) is 12.7. The zero-order valence-corrected chi connectivity index (χ0v) is 9.83. The summed E-state index contributed by atoms with van der Waals surface area (Å²) in [5.41, 5.74) is 2.56. The van der Waals surface area contributed by atoms with E-state index in [1.807, 2.05) is 6.79 Å². The number of piperidine rings is 1. The van der Waals surface area contributed by atoms with Gasteiger partial charge in [0.05, 0.1) is 0 Å². The smallest absolute Gasteiger partial charge is 0.106 e. The summed E-state index contributed by atoms with van der Waals surface area (Å²) in [6.07, 6.45) is 2.56. The van der Waals surface area contributed by atoms with Gasteiger partial charge in [-0.25, -0.2) is 0 Å². The van der Waals surface area contributed by atoms with Gasteiger partial charge < -0.3 is 15.4 Å². The molecular weight excluding hydrogens is 200 g/mol. The van der Waals surface area contributed by atoms with E-state index in [4.69, 9.17) is 4.79 Å². The molecule has 3 heteroatoms. The molecule has 1 fully saturated rings. The van der Waals surface area contributed by atoms with E-state index in [2.05, 4.69) is 41.8 Å². The van der Waals surface area contributed by atoms with Crippen molar-refractivity contribution < 1.29 is 4.79 Å². The predicted octanol–water partition coefficient (Wildman–Crippen LogP) is 1.97. The first-order valence-corrected chi connectivity index (χ1v) is 5.67. The van der Waals surface area contributed by atoms with Crippen LogP contribution in [-0.4, -0.2) is 25.9 Å². The molecule has 1 saturated heterocycles. The molecule has 0 aromatic heterocycles. The van der Waals surface area contributed by atoms with Crippen LogP contribution in [0.2, 0.25) is 0 Å². The van der Waals surface area contributed by atoms with Crippen LogP contribution in [0.5, 0.6) is 0 Å². The van der Waals surface area contributed by atoms with E-state index in [1.54, 1.807) is 0 Å². The fourth-order valence-electron chi connectivity index (χ4n) is 1.86. The maximum absolute atomic E-state index is 8.00. The van der Waals surface area contributed by atoms with Gasteiger partial charge in [-0.1, -0.05) is 17.7 Å². The Bertz CT molecular complexity index is 291. The third-order valence-electron chi connectivity index (χ3n) is 2.72. The van der Waals surface area contributed by atoms with E-state index >= 15 is 0 Å². The SMILES string of the molecule is C=O.Cc1ccc(N[C@@H]2CCCNC2)cc1. The summed E-state index contributed by atoms with van der Waals surface area (Å²) in [7, 11) is 0. The van der Waals surface area contributed by atoms with Crippen LogP contribution in [0, 0.1) is 6.92 Å². The maximum Gasteiger partial charge on any atom is 0.106 e. The van der Waals surface area contributed by atoms with Gasteiger partial charge in [0, 0.05) is 18.3 Å². The van der Waals surface area contributed by atoms with E-state index in [0.717, 1.165) is 6.54 Å². The van der Waals surface area contributed by atoms with Crippen LogP contribution in [0.4, 0.5) is 5.69 Å². The number of nitrogens with one attached hydrogen (secondary N) is 2. The van der Waals surface area contributed by atoms with Gasteiger partial charge in [0.2, 0.25) is 0 Å². The van der Waals surface area contributed by atoms with E-state index < -0.39 is 0 Å². The van der Waals surface area contributed by atoms with Crippen LogP contribution in [0.1, 0.15) is 18.4 Å². The molecule has 1 aromatic carbocycles. The lowest BCUT2D eigenvalue weighted by molar-refractivity contribution is -0.0979. The number of carbonyl (C=O) groups excluding carboxylic acids is 1. The average Bonchev–Trinajstić information content (AvgIpc) is 2.36. The molecule has 2 N–H and O–H groups in total. The number of benzene rings is 1. The normalized spacial score (nSPS) is 19.4. The van der Waals surface area contributed by atoms with Crippen LogP contribution in [0.15, 0.2) is 24.3 Å². The van der Waals surface area contributed by atoms with Gasteiger partial charge in [0.15, 0.2) is 0 Å². The molecule has 88 valence electrons. The molecule has 16 heavy (non-hydrogen) atoms. The molecule has 1 aliphatic heterocycles. The van der Waals surface area contributed by atoms with Crippen molar-refractivity contribution in [2.75, 3.05) is 18.4 Å². The van der Waals surface area contributed by atoms with Crippen molar-refractivity contribution in [3.8, 4) is 0 Å². The molecular formula is C13H20N2O. The molecule has 0 aliphatic carbocycles. The highest BCUT2D eigenvalue weighted by atomic mass is 16.1. The Morgan fingerprint density at radius 2 is 2.00 bits per heavy atom. The summed E-state index contributed by atoms with van der Waals surface area (Å²) in [5.74, 6) is 0. The van der Waals surface area contributed by atoms with Crippen molar-refractivity contribution in [3.63, 3.8) is 0 Å². The maximum atomic E-state index is 8.00. The topological polar surface area (TPSA) is 41.1 Å². The second-order valence-electron chi connectivity index (χ2n) is 4.05. The number of carbonyl (C=O) groups is 1. The minimum absolute atomic E-state index is 0.603. The molecule has 0 radical (unpaired) electrons. The Hall–Kier alpha value is -1.35.